The van der Waals surface area contributed by atoms with Crippen LogP contribution in [0.15, 0.2) is 48.9 Å². The van der Waals surface area contributed by atoms with Crippen LogP contribution >= 0.6 is 0 Å². The van der Waals surface area contributed by atoms with Crippen molar-refractivity contribution in [2.75, 3.05) is 19.6 Å². The molecule has 6 nitrogen and oxygen atoms in total. The third-order valence-corrected chi connectivity index (χ3v) is 5.16. The van der Waals surface area contributed by atoms with Gasteiger partial charge < -0.3 is 15.1 Å². The molecule has 2 aromatic heterocycles. The molecule has 3 rings (SSSR count). The van der Waals surface area contributed by atoms with Gasteiger partial charge >= 0.3 is 6.03 Å². The smallest absolute Gasteiger partial charge is 0.318 e. The molecule has 1 N–H and O–H groups in total. The summed E-state index contributed by atoms with van der Waals surface area (Å²) in [4.78, 5) is 25.9. The van der Waals surface area contributed by atoms with E-state index in [0.717, 1.165) is 50.2 Å². The van der Waals surface area contributed by atoms with E-state index in [1.54, 1.807) is 6.20 Å². The molecule has 0 atom stereocenters. The van der Waals surface area contributed by atoms with Crippen molar-refractivity contribution >= 4 is 6.03 Å². The summed E-state index contributed by atoms with van der Waals surface area (Å²) in [5.74, 6) is 0. The van der Waals surface area contributed by atoms with Crippen LogP contribution in [0.1, 0.15) is 37.9 Å². The number of rotatable bonds is 7. The third kappa shape index (κ3) is 6.02. The number of aromatic nitrogens is 2. The Labute approximate surface area is 168 Å². The third-order valence-electron chi connectivity index (χ3n) is 5.16. The fraction of sp³-hybridized carbons (Fsp3) is 0.500. The Bertz CT molecular complexity index is 714. The highest BCUT2D eigenvalue weighted by Gasteiger charge is 2.28. The van der Waals surface area contributed by atoms with Gasteiger partial charge in [0.05, 0.1) is 0 Å². The van der Waals surface area contributed by atoms with Crippen LogP contribution in [0.25, 0.3) is 0 Å². The van der Waals surface area contributed by atoms with Crippen LogP contribution in [-0.2, 0) is 13.0 Å². The van der Waals surface area contributed by atoms with Crippen LogP contribution in [0, 0.1) is 0 Å². The molecule has 1 aliphatic heterocycles. The van der Waals surface area contributed by atoms with Gasteiger partial charge in [0.25, 0.3) is 0 Å². The molecular weight excluding hydrogens is 350 g/mol. The van der Waals surface area contributed by atoms with Crippen molar-refractivity contribution in [2.45, 2.75) is 51.7 Å². The normalized spacial score (nSPS) is 15.5. The first-order valence-corrected chi connectivity index (χ1v) is 10.2. The Morgan fingerprint density at radius 2 is 2.04 bits per heavy atom. The standard InChI is InChI=1S/C22H31N5O/c1-18(2)25-22(28)27(17-19-6-5-11-23-16-19)21-9-14-26(15-10-21)13-8-20-7-3-4-12-24-20/h3-7,11-12,16,18,21H,8-10,13-15,17H2,1-2H3,(H,25,28). The number of hydrogen-bond donors (Lipinski definition) is 1. The van der Waals surface area contributed by atoms with E-state index in [2.05, 4.69) is 26.3 Å². The Hall–Kier alpha value is -2.47. The number of likely N-dealkylation sites (tertiary alicyclic amines) is 1. The molecule has 2 amide bonds. The molecule has 1 fully saturated rings. The van der Waals surface area contributed by atoms with Crippen LogP contribution in [0.5, 0.6) is 0 Å². The first-order valence-electron chi connectivity index (χ1n) is 10.2. The summed E-state index contributed by atoms with van der Waals surface area (Å²) < 4.78 is 0. The summed E-state index contributed by atoms with van der Waals surface area (Å²) in [5.41, 5.74) is 2.21. The lowest BCUT2D eigenvalue weighted by atomic mass is 10.0. The second kappa shape index (κ2) is 10.2. The summed E-state index contributed by atoms with van der Waals surface area (Å²) in [6.07, 6.45) is 8.42. The zero-order valence-corrected chi connectivity index (χ0v) is 16.9. The van der Waals surface area contributed by atoms with Crippen LogP contribution in [0.3, 0.4) is 0 Å². The van der Waals surface area contributed by atoms with Crippen molar-refractivity contribution in [3.8, 4) is 0 Å². The van der Waals surface area contributed by atoms with Gasteiger partial charge in [-0.2, -0.15) is 0 Å². The Morgan fingerprint density at radius 3 is 2.68 bits per heavy atom. The van der Waals surface area contributed by atoms with Gasteiger partial charge in [-0.05, 0) is 50.5 Å². The maximum Gasteiger partial charge on any atom is 0.318 e. The number of nitrogens with one attached hydrogen (secondary N) is 1. The van der Waals surface area contributed by atoms with Crippen LogP contribution in [0.4, 0.5) is 4.79 Å². The van der Waals surface area contributed by atoms with E-state index in [4.69, 9.17) is 0 Å². The largest absolute Gasteiger partial charge is 0.336 e. The summed E-state index contributed by atoms with van der Waals surface area (Å²) in [5, 5.41) is 3.06. The summed E-state index contributed by atoms with van der Waals surface area (Å²) in [6, 6.07) is 10.4. The molecule has 1 aliphatic rings. The summed E-state index contributed by atoms with van der Waals surface area (Å²) in [6.45, 7) is 7.64. The van der Waals surface area contributed by atoms with E-state index >= 15 is 0 Å². The minimum Gasteiger partial charge on any atom is -0.336 e. The van der Waals surface area contributed by atoms with Gasteiger partial charge in [-0.15, -0.1) is 0 Å². The molecule has 3 heterocycles. The van der Waals surface area contributed by atoms with Crippen LogP contribution in [-0.4, -0.2) is 57.5 Å². The van der Waals surface area contributed by atoms with E-state index in [0.29, 0.717) is 6.54 Å². The zero-order valence-electron chi connectivity index (χ0n) is 16.9. The molecule has 0 radical (unpaired) electrons. The molecule has 6 heteroatoms. The van der Waals surface area contributed by atoms with Crippen LogP contribution < -0.4 is 5.32 Å². The van der Waals surface area contributed by atoms with Gasteiger partial charge in [0, 0.05) is 69.0 Å². The lowest BCUT2D eigenvalue weighted by Crippen LogP contribution is -2.51. The number of urea groups is 1. The van der Waals surface area contributed by atoms with Gasteiger partial charge in [-0.25, -0.2) is 4.79 Å². The lowest BCUT2D eigenvalue weighted by Gasteiger charge is -2.39. The second-order valence-corrected chi connectivity index (χ2v) is 7.74. The molecule has 0 spiro atoms. The highest BCUT2D eigenvalue weighted by Crippen LogP contribution is 2.19. The molecule has 0 bridgehead atoms. The van der Waals surface area contributed by atoms with E-state index in [1.807, 2.05) is 55.4 Å². The first kappa shape index (κ1) is 20.3. The van der Waals surface area contributed by atoms with Crippen molar-refractivity contribution in [1.82, 2.24) is 25.1 Å². The minimum absolute atomic E-state index is 0.0192. The molecule has 1 saturated heterocycles. The SMILES string of the molecule is CC(C)NC(=O)N(Cc1cccnc1)C1CCN(CCc2ccccn2)CC1. The summed E-state index contributed by atoms with van der Waals surface area (Å²) >= 11 is 0. The predicted octanol–water partition coefficient (Wildman–Crippen LogP) is 3.10. The molecule has 0 aliphatic carbocycles. The van der Waals surface area contributed by atoms with Crippen molar-refractivity contribution < 1.29 is 4.79 Å². The van der Waals surface area contributed by atoms with Crippen molar-refractivity contribution in [3.05, 3.63) is 60.2 Å². The van der Waals surface area contributed by atoms with Crippen LogP contribution in [0.2, 0.25) is 0 Å². The fourth-order valence-corrected chi connectivity index (χ4v) is 3.66. The fourth-order valence-electron chi connectivity index (χ4n) is 3.66. The second-order valence-electron chi connectivity index (χ2n) is 7.74. The number of amides is 2. The van der Waals surface area contributed by atoms with Crippen molar-refractivity contribution in [1.29, 1.82) is 0 Å². The van der Waals surface area contributed by atoms with Gasteiger partial charge in [0.15, 0.2) is 0 Å². The maximum atomic E-state index is 12.8. The van der Waals surface area contributed by atoms with E-state index in [-0.39, 0.29) is 18.1 Å². The van der Waals surface area contributed by atoms with E-state index in [9.17, 15) is 4.79 Å². The minimum atomic E-state index is 0.0192. The van der Waals surface area contributed by atoms with Gasteiger partial charge in [-0.1, -0.05) is 12.1 Å². The molecule has 2 aromatic rings. The Morgan fingerprint density at radius 1 is 1.21 bits per heavy atom. The highest BCUT2D eigenvalue weighted by atomic mass is 16.2. The number of carbonyl (C=O) groups is 1. The Balaban J connectivity index is 1.56. The number of nitrogens with zero attached hydrogens (tertiary/aromatic N) is 4. The molecule has 28 heavy (non-hydrogen) atoms. The first-order chi connectivity index (χ1) is 13.6. The molecule has 0 unspecified atom stereocenters. The van der Waals surface area contributed by atoms with Crippen molar-refractivity contribution in [2.24, 2.45) is 0 Å². The highest BCUT2D eigenvalue weighted by molar-refractivity contribution is 5.74. The number of hydrogen-bond acceptors (Lipinski definition) is 4. The zero-order chi connectivity index (χ0) is 19.8. The number of pyridine rings is 2. The van der Waals surface area contributed by atoms with Gasteiger partial charge in [0.2, 0.25) is 0 Å². The quantitative estimate of drug-likeness (QED) is 0.801. The average Bonchev–Trinajstić information content (AvgIpc) is 2.72. The van der Waals surface area contributed by atoms with Gasteiger partial charge in [-0.3, -0.25) is 9.97 Å². The lowest BCUT2D eigenvalue weighted by molar-refractivity contribution is 0.116. The summed E-state index contributed by atoms with van der Waals surface area (Å²) in [7, 11) is 0. The van der Waals surface area contributed by atoms with E-state index in [1.165, 1.54) is 0 Å². The molecule has 150 valence electrons. The molecule has 0 aromatic carbocycles. The molecular formula is C22H31N5O. The topological polar surface area (TPSA) is 61.4 Å². The molecule has 0 saturated carbocycles. The Kier molecular flexibility index (Phi) is 7.37. The monoisotopic (exact) mass is 381 g/mol. The number of piperidine rings is 1. The van der Waals surface area contributed by atoms with Gasteiger partial charge in [0.1, 0.15) is 0 Å². The predicted molar refractivity (Wildman–Crippen MR) is 111 cm³/mol. The maximum absolute atomic E-state index is 12.8. The van der Waals surface area contributed by atoms with Crippen molar-refractivity contribution in [3.63, 3.8) is 0 Å². The van der Waals surface area contributed by atoms with E-state index < -0.39 is 0 Å². The number of carbonyl (C=O) groups excluding carboxylic acids is 1. The average molecular weight is 382 g/mol.